The monoisotopic (exact) mass is 492 g/mol. The molecule has 1 aromatic heterocycles. The van der Waals surface area contributed by atoms with Crippen LogP contribution in [0.1, 0.15) is 38.1 Å². The first kappa shape index (κ1) is 27.3. The van der Waals surface area contributed by atoms with Crippen molar-refractivity contribution in [1.82, 2.24) is 4.90 Å². The summed E-state index contributed by atoms with van der Waals surface area (Å²) in [6.07, 6.45) is 0. The molecule has 1 amide bonds. The largest absolute Gasteiger partial charge is 0.492 e. The summed E-state index contributed by atoms with van der Waals surface area (Å²) in [6, 6.07) is 7.72. The minimum atomic E-state index is -0.609. The predicted octanol–water partition coefficient (Wildman–Crippen LogP) is 3.29. The zero-order valence-electron chi connectivity index (χ0n) is 20.3. The smallest absolute Gasteiger partial charge is 0.348 e. The van der Waals surface area contributed by atoms with Gasteiger partial charge in [-0.2, -0.15) is 0 Å². The number of hydrogen-bond donors (Lipinski definition) is 1. The van der Waals surface area contributed by atoms with E-state index in [9.17, 15) is 14.4 Å². The van der Waals surface area contributed by atoms with E-state index in [1.54, 1.807) is 25.8 Å². The van der Waals surface area contributed by atoms with Crippen molar-refractivity contribution in [3.63, 3.8) is 0 Å². The lowest BCUT2D eigenvalue weighted by atomic mass is 10.1. The first-order valence-corrected chi connectivity index (χ1v) is 11.7. The maximum absolute atomic E-state index is 12.7. The van der Waals surface area contributed by atoms with Gasteiger partial charge in [0.15, 0.2) is 0 Å². The lowest BCUT2D eigenvalue weighted by molar-refractivity contribution is -0.117. The molecular weight excluding hydrogens is 460 g/mol. The molecule has 0 aliphatic heterocycles. The Hall–Kier alpha value is -2.95. The van der Waals surface area contributed by atoms with Gasteiger partial charge in [0.25, 0.3) is 0 Å². The standard InChI is InChI=1S/C24H32N2O7S/c1-6-31-23(28)20-17(3)21(24(29)33-14-13-30-5)34-22(20)25-19(27)15-26(4)11-12-32-18-10-8-7-9-16(18)2/h7-10H,6,11-15H2,1-5H3,(H,25,27). The molecule has 0 saturated carbocycles. The van der Waals surface area contributed by atoms with Gasteiger partial charge in [0, 0.05) is 13.7 Å². The Labute approximate surface area is 203 Å². The summed E-state index contributed by atoms with van der Waals surface area (Å²) < 4.78 is 21.0. The lowest BCUT2D eigenvalue weighted by Gasteiger charge is -2.17. The molecule has 0 saturated heterocycles. The van der Waals surface area contributed by atoms with E-state index < -0.39 is 11.9 Å². The number of amides is 1. The third kappa shape index (κ3) is 7.82. The Morgan fingerprint density at radius 2 is 1.76 bits per heavy atom. The Morgan fingerprint density at radius 3 is 2.44 bits per heavy atom. The number of hydrogen-bond acceptors (Lipinski definition) is 9. The summed E-state index contributed by atoms with van der Waals surface area (Å²) in [5, 5.41) is 3.00. The molecule has 1 N–H and O–H groups in total. The molecule has 34 heavy (non-hydrogen) atoms. The van der Waals surface area contributed by atoms with Crippen LogP contribution in [0.3, 0.4) is 0 Å². The van der Waals surface area contributed by atoms with Crippen molar-refractivity contribution in [2.24, 2.45) is 0 Å². The molecule has 9 nitrogen and oxygen atoms in total. The molecule has 2 rings (SSSR count). The normalized spacial score (nSPS) is 10.8. The Morgan fingerprint density at radius 1 is 1.03 bits per heavy atom. The van der Waals surface area contributed by atoms with Crippen LogP contribution in [0.5, 0.6) is 5.75 Å². The van der Waals surface area contributed by atoms with Crippen molar-refractivity contribution in [3.8, 4) is 5.75 Å². The average Bonchev–Trinajstić information content (AvgIpc) is 3.11. The molecule has 0 atom stereocenters. The van der Waals surface area contributed by atoms with Crippen molar-refractivity contribution >= 4 is 34.2 Å². The third-order valence-electron chi connectivity index (χ3n) is 4.82. The minimum Gasteiger partial charge on any atom is -0.492 e. The van der Waals surface area contributed by atoms with E-state index in [-0.39, 0.29) is 47.7 Å². The van der Waals surface area contributed by atoms with Gasteiger partial charge in [-0.05, 0) is 45.0 Å². The molecule has 0 bridgehead atoms. The van der Waals surface area contributed by atoms with Gasteiger partial charge < -0.3 is 24.3 Å². The highest BCUT2D eigenvalue weighted by atomic mass is 32.1. The van der Waals surface area contributed by atoms with Crippen molar-refractivity contribution in [2.75, 3.05) is 59.0 Å². The summed E-state index contributed by atoms with van der Waals surface area (Å²) in [6.45, 7) is 6.79. The summed E-state index contributed by atoms with van der Waals surface area (Å²) >= 11 is 0.987. The Bertz CT molecular complexity index is 990. The van der Waals surface area contributed by atoms with E-state index in [0.717, 1.165) is 22.6 Å². The second kappa shape index (κ2) is 13.7. The topological polar surface area (TPSA) is 103 Å². The van der Waals surface area contributed by atoms with E-state index in [2.05, 4.69) is 5.32 Å². The van der Waals surface area contributed by atoms with Crippen LogP contribution in [0, 0.1) is 13.8 Å². The molecule has 1 heterocycles. The van der Waals surface area contributed by atoms with Gasteiger partial charge >= 0.3 is 11.9 Å². The molecule has 10 heteroatoms. The fourth-order valence-corrected chi connectivity index (χ4v) is 4.15. The SMILES string of the molecule is CCOC(=O)c1c(NC(=O)CN(C)CCOc2ccccc2C)sc(C(=O)OCCOC)c1C. The maximum atomic E-state index is 12.7. The fraction of sp³-hybridized carbons (Fsp3) is 0.458. The number of esters is 2. The van der Waals surface area contributed by atoms with Crippen molar-refractivity contribution in [2.45, 2.75) is 20.8 Å². The number of nitrogens with zero attached hydrogens (tertiary/aromatic N) is 1. The molecule has 0 fully saturated rings. The zero-order valence-corrected chi connectivity index (χ0v) is 21.1. The lowest BCUT2D eigenvalue weighted by Crippen LogP contribution is -2.33. The number of aryl methyl sites for hydroxylation is 1. The van der Waals surface area contributed by atoms with Gasteiger partial charge in [0.2, 0.25) is 5.91 Å². The van der Waals surface area contributed by atoms with E-state index >= 15 is 0 Å². The molecular formula is C24H32N2O7S. The summed E-state index contributed by atoms with van der Waals surface area (Å²) in [4.78, 5) is 39.7. The van der Waals surface area contributed by atoms with Gasteiger partial charge in [0.1, 0.15) is 28.8 Å². The number of para-hydroxylation sites is 1. The number of rotatable bonds is 13. The molecule has 0 unspecified atom stereocenters. The molecule has 1 aromatic carbocycles. The van der Waals surface area contributed by atoms with Crippen LogP contribution < -0.4 is 10.1 Å². The van der Waals surface area contributed by atoms with Crippen LogP contribution in [0.2, 0.25) is 0 Å². The van der Waals surface area contributed by atoms with Crippen LogP contribution in [0.15, 0.2) is 24.3 Å². The van der Waals surface area contributed by atoms with Crippen LogP contribution >= 0.6 is 11.3 Å². The number of carbonyl (C=O) groups is 3. The number of thiophene rings is 1. The second-order valence-corrected chi connectivity index (χ2v) is 8.53. The van der Waals surface area contributed by atoms with Crippen molar-refractivity contribution in [3.05, 3.63) is 45.8 Å². The molecule has 0 aliphatic rings. The van der Waals surface area contributed by atoms with Gasteiger partial charge in [-0.3, -0.25) is 9.69 Å². The molecule has 0 spiro atoms. The van der Waals surface area contributed by atoms with Gasteiger partial charge in [0.05, 0.1) is 25.3 Å². The zero-order chi connectivity index (χ0) is 25.1. The van der Waals surface area contributed by atoms with Crippen molar-refractivity contribution < 1.29 is 33.3 Å². The average molecular weight is 493 g/mol. The minimum absolute atomic E-state index is 0.0734. The van der Waals surface area contributed by atoms with E-state index in [0.29, 0.717) is 18.7 Å². The fourth-order valence-electron chi connectivity index (χ4n) is 3.05. The number of ether oxygens (including phenoxy) is 4. The van der Waals surface area contributed by atoms with Gasteiger partial charge in [-0.1, -0.05) is 18.2 Å². The molecule has 0 radical (unpaired) electrons. The van der Waals surface area contributed by atoms with Crippen LogP contribution in [-0.2, 0) is 19.0 Å². The first-order chi connectivity index (χ1) is 16.3. The number of methoxy groups -OCH3 is 1. The van der Waals surface area contributed by atoms with Crippen LogP contribution in [0.25, 0.3) is 0 Å². The van der Waals surface area contributed by atoms with Gasteiger partial charge in [-0.15, -0.1) is 11.3 Å². The maximum Gasteiger partial charge on any atom is 0.348 e. The molecule has 186 valence electrons. The number of likely N-dealkylation sites (N-methyl/N-ethyl adjacent to an activating group) is 1. The van der Waals surface area contributed by atoms with Gasteiger partial charge in [-0.25, -0.2) is 9.59 Å². The summed E-state index contributed by atoms with van der Waals surface area (Å²) in [5.74, 6) is -0.721. The van der Waals surface area contributed by atoms with Crippen molar-refractivity contribution in [1.29, 1.82) is 0 Å². The number of anilines is 1. The van der Waals surface area contributed by atoms with E-state index in [4.69, 9.17) is 18.9 Å². The van der Waals surface area contributed by atoms with E-state index in [1.807, 2.05) is 31.2 Å². The quantitative estimate of drug-likeness (QED) is 0.336. The first-order valence-electron chi connectivity index (χ1n) is 10.9. The Balaban J connectivity index is 2.02. The molecule has 2 aromatic rings. The van der Waals surface area contributed by atoms with Crippen LogP contribution in [-0.4, -0.2) is 76.4 Å². The number of nitrogens with one attached hydrogen (secondary N) is 1. The third-order valence-corrected chi connectivity index (χ3v) is 6.01. The highest BCUT2D eigenvalue weighted by molar-refractivity contribution is 7.18. The second-order valence-electron chi connectivity index (χ2n) is 7.51. The Kier molecular flexibility index (Phi) is 11.0. The van der Waals surface area contributed by atoms with E-state index in [1.165, 1.54) is 7.11 Å². The number of benzene rings is 1. The highest BCUT2D eigenvalue weighted by Crippen LogP contribution is 2.34. The number of carbonyl (C=O) groups excluding carboxylic acids is 3. The molecule has 0 aliphatic carbocycles. The highest BCUT2D eigenvalue weighted by Gasteiger charge is 2.27. The summed E-state index contributed by atoms with van der Waals surface area (Å²) in [7, 11) is 3.30. The predicted molar refractivity (Wildman–Crippen MR) is 130 cm³/mol. The summed E-state index contributed by atoms with van der Waals surface area (Å²) in [5.41, 5.74) is 1.60. The van der Waals surface area contributed by atoms with Crippen LogP contribution in [0.4, 0.5) is 5.00 Å².